The van der Waals surface area contributed by atoms with Gasteiger partial charge in [0, 0.05) is 22.1 Å². The summed E-state index contributed by atoms with van der Waals surface area (Å²) in [5.41, 5.74) is 1.28. The molecule has 0 bridgehead atoms. The van der Waals surface area contributed by atoms with Gasteiger partial charge in [0.2, 0.25) is 0 Å². The summed E-state index contributed by atoms with van der Waals surface area (Å²) in [6.07, 6.45) is 0.842. The van der Waals surface area contributed by atoms with E-state index in [-0.39, 0.29) is 5.91 Å². The second-order valence-corrected chi connectivity index (χ2v) is 5.59. The first-order chi connectivity index (χ1) is 10.2. The fraction of sp³-hybridized carbons (Fsp3) is 0.188. The maximum absolute atomic E-state index is 12.3. The molecule has 0 fully saturated rings. The maximum Gasteiger partial charge on any atom is 0.255 e. The molecule has 2 aromatic carbocycles. The average Bonchev–Trinajstić information content (AvgIpc) is 2.71. The van der Waals surface area contributed by atoms with E-state index in [9.17, 15) is 4.79 Å². The molecule has 3 rings (SSSR count). The minimum absolute atomic E-state index is 0.177. The molecule has 1 N–H and O–H groups in total. The lowest BCUT2D eigenvalue weighted by Gasteiger charge is -2.10. The van der Waals surface area contributed by atoms with E-state index in [4.69, 9.17) is 9.47 Å². The highest BCUT2D eigenvalue weighted by molar-refractivity contribution is 9.10. The summed E-state index contributed by atoms with van der Waals surface area (Å²) in [6, 6.07) is 12.7. The minimum Gasteiger partial charge on any atom is -0.490 e. The molecule has 1 aliphatic heterocycles. The summed E-state index contributed by atoms with van der Waals surface area (Å²) in [5.74, 6) is 1.13. The average molecular weight is 348 g/mol. The fourth-order valence-electron chi connectivity index (χ4n) is 2.07. The number of hydrogen-bond acceptors (Lipinski definition) is 3. The van der Waals surface area contributed by atoms with Crippen LogP contribution in [0.4, 0.5) is 5.69 Å². The third-order valence-electron chi connectivity index (χ3n) is 3.09. The van der Waals surface area contributed by atoms with Crippen molar-refractivity contribution >= 4 is 27.5 Å². The van der Waals surface area contributed by atoms with Gasteiger partial charge in [0.15, 0.2) is 11.5 Å². The molecule has 4 nitrogen and oxygen atoms in total. The monoisotopic (exact) mass is 347 g/mol. The van der Waals surface area contributed by atoms with Crippen molar-refractivity contribution in [3.8, 4) is 11.5 Å². The number of anilines is 1. The predicted octanol–water partition coefficient (Wildman–Crippen LogP) is 3.86. The number of ether oxygens (including phenoxy) is 2. The van der Waals surface area contributed by atoms with E-state index >= 15 is 0 Å². The zero-order valence-electron chi connectivity index (χ0n) is 11.3. The smallest absolute Gasteiger partial charge is 0.255 e. The van der Waals surface area contributed by atoms with Crippen molar-refractivity contribution in [2.45, 2.75) is 6.42 Å². The Morgan fingerprint density at radius 2 is 1.86 bits per heavy atom. The molecule has 0 radical (unpaired) electrons. The lowest BCUT2D eigenvalue weighted by atomic mass is 10.2. The Bertz CT molecular complexity index is 672. The topological polar surface area (TPSA) is 47.6 Å². The van der Waals surface area contributed by atoms with Gasteiger partial charge in [-0.15, -0.1) is 0 Å². The largest absolute Gasteiger partial charge is 0.490 e. The molecule has 0 unspecified atom stereocenters. The van der Waals surface area contributed by atoms with Gasteiger partial charge in [-0.1, -0.05) is 22.0 Å². The molecule has 0 aliphatic carbocycles. The van der Waals surface area contributed by atoms with E-state index in [2.05, 4.69) is 21.2 Å². The van der Waals surface area contributed by atoms with Crippen LogP contribution >= 0.6 is 15.9 Å². The number of rotatable bonds is 2. The number of fused-ring (bicyclic) bond motifs is 1. The maximum atomic E-state index is 12.3. The second kappa shape index (κ2) is 6.18. The number of amides is 1. The molecule has 1 aliphatic rings. The zero-order chi connectivity index (χ0) is 14.7. The Labute approximate surface area is 131 Å². The van der Waals surface area contributed by atoms with E-state index in [1.54, 1.807) is 18.2 Å². The first-order valence-electron chi connectivity index (χ1n) is 6.69. The molecule has 1 amide bonds. The van der Waals surface area contributed by atoms with Gasteiger partial charge in [-0.05, 0) is 36.4 Å². The van der Waals surface area contributed by atoms with Crippen LogP contribution in [-0.2, 0) is 0 Å². The van der Waals surface area contributed by atoms with Crippen molar-refractivity contribution in [1.82, 2.24) is 0 Å². The van der Waals surface area contributed by atoms with Gasteiger partial charge in [0.25, 0.3) is 5.91 Å². The quantitative estimate of drug-likeness (QED) is 0.897. The highest BCUT2D eigenvalue weighted by Crippen LogP contribution is 2.30. The first-order valence-corrected chi connectivity index (χ1v) is 7.48. The summed E-state index contributed by atoms with van der Waals surface area (Å²) in [4.78, 5) is 12.3. The third-order valence-corrected chi connectivity index (χ3v) is 3.59. The first kappa shape index (κ1) is 13.9. The van der Waals surface area contributed by atoms with Crippen LogP contribution < -0.4 is 14.8 Å². The van der Waals surface area contributed by atoms with Crippen LogP contribution in [0.15, 0.2) is 46.9 Å². The number of carbonyl (C=O) groups excluding carboxylic acids is 1. The molecule has 0 atom stereocenters. The van der Waals surface area contributed by atoms with Crippen LogP contribution in [-0.4, -0.2) is 19.1 Å². The van der Waals surface area contributed by atoms with Gasteiger partial charge >= 0.3 is 0 Å². The van der Waals surface area contributed by atoms with Crippen LogP contribution in [0.3, 0.4) is 0 Å². The molecule has 0 saturated heterocycles. The molecular formula is C16H14BrNO3. The van der Waals surface area contributed by atoms with Gasteiger partial charge in [-0.25, -0.2) is 0 Å². The van der Waals surface area contributed by atoms with Crippen molar-refractivity contribution in [1.29, 1.82) is 0 Å². The molecule has 21 heavy (non-hydrogen) atoms. The molecule has 0 saturated carbocycles. The fourth-order valence-corrected chi connectivity index (χ4v) is 2.47. The van der Waals surface area contributed by atoms with Crippen molar-refractivity contribution in [2.24, 2.45) is 0 Å². The van der Waals surface area contributed by atoms with Crippen LogP contribution in [0.2, 0.25) is 0 Å². The van der Waals surface area contributed by atoms with Crippen molar-refractivity contribution in [3.05, 3.63) is 52.5 Å². The number of benzene rings is 2. The lowest BCUT2D eigenvalue weighted by molar-refractivity contribution is 0.102. The standard InChI is InChI=1S/C16H14BrNO3/c17-12-3-1-4-13(10-12)18-16(19)11-5-6-14-15(9-11)21-8-2-7-20-14/h1,3-6,9-10H,2,7-8H2,(H,18,19). The molecule has 2 aromatic rings. The number of carbonyl (C=O) groups is 1. The number of hydrogen-bond donors (Lipinski definition) is 1. The lowest BCUT2D eigenvalue weighted by Crippen LogP contribution is -2.12. The summed E-state index contributed by atoms with van der Waals surface area (Å²) in [5, 5.41) is 2.86. The van der Waals surface area contributed by atoms with Crippen LogP contribution in [0.5, 0.6) is 11.5 Å². The molecular weight excluding hydrogens is 334 g/mol. The van der Waals surface area contributed by atoms with Crippen LogP contribution in [0, 0.1) is 0 Å². The molecule has 5 heteroatoms. The zero-order valence-corrected chi connectivity index (χ0v) is 12.9. The van der Waals surface area contributed by atoms with Crippen molar-refractivity contribution in [2.75, 3.05) is 18.5 Å². The normalized spacial score (nSPS) is 13.4. The van der Waals surface area contributed by atoms with E-state index in [1.807, 2.05) is 24.3 Å². The SMILES string of the molecule is O=C(Nc1cccc(Br)c1)c1ccc2c(c1)OCCCO2. The summed E-state index contributed by atoms with van der Waals surface area (Å²) in [7, 11) is 0. The second-order valence-electron chi connectivity index (χ2n) is 4.68. The predicted molar refractivity (Wildman–Crippen MR) is 84.1 cm³/mol. The van der Waals surface area contributed by atoms with Gasteiger partial charge in [0.1, 0.15) is 0 Å². The molecule has 108 valence electrons. The third kappa shape index (κ3) is 3.36. The van der Waals surface area contributed by atoms with Crippen LogP contribution in [0.25, 0.3) is 0 Å². The highest BCUT2D eigenvalue weighted by atomic mass is 79.9. The Balaban J connectivity index is 1.80. The Kier molecular flexibility index (Phi) is 4.10. The number of halogens is 1. The molecule has 0 aromatic heterocycles. The molecule has 1 heterocycles. The van der Waals surface area contributed by atoms with E-state index in [0.29, 0.717) is 30.3 Å². The Morgan fingerprint density at radius 3 is 2.67 bits per heavy atom. The van der Waals surface area contributed by atoms with Crippen molar-refractivity contribution < 1.29 is 14.3 Å². The summed E-state index contributed by atoms with van der Waals surface area (Å²) >= 11 is 3.38. The van der Waals surface area contributed by atoms with Crippen LogP contribution in [0.1, 0.15) is 16.8 Å². The van der Waals surface area contributed by atoms with E-state index < -0.39 is 0 Å². The van der Waals surface area contributed by atoms with E-state index in [1.165, 1.54) is 0 Å². The Morgan fingerprint density at radius 1 is 1.05 bits per heavy atom. The van der Waals surface area contributed by atoms with Gasteiger partial charge < -0.3 is 14.8 Å². The number of nitrogens with one attached hydrogen (secondary N) is 1. The van der Waals surface area contributed by atoms with E-state index in [0.717, 1.165) is 16.6 Å². The van der Waals surface area contributed by atoms with Crippen molar-refractivity contribution in [3.63, 3.8) is 0 Å². The highest BCUT2D eigenvalue weighted by Gasteiger charge is 2.14. The summed E-state index contributed by atoms with van der Waals surface area (Å²) in [6.45, 7) is 1.24. The molecule has 0 spiro atoms. The van der Waals surface area contributed by atoms with Gasteiger partial charge in [0.05, 0.1) is 13.2 Å². The Hall–Kier alpha value is -2.01. The minimum atomic E-state index is -0.177. The summed E-state index contributed by atoms with van der Waals surface area (Å²) < 4.78 is 12.1. The van der Waals surface area contributed by atoms with Gasteiger partial charge in [-0.2, -0.15) is 0 Å². The van der Waals surface area contributed by atoms with Gasteiger partial charge in [-0.3, -0.25) is 4.79 Å².